The van der Waals surface area contributed by atoms with Gasteiger partial charge in [-0.15, -0.1) is 0 Å². The van der Waals surface area contributed by atoms with Gasteiger partial charge < -0.3 is 14.8 Å². The lowest BCUT2D eigenvalue weighted by atomic mass is 9.98. The number of methoxy groups -OCH3 is 1. The lowest BCUT2D eigenvalue weighted by Gasteiger charge is -2.24. The van der Waals surface area contributed by atoms with E-state index in [9.17, 15) is 0 Å². The smallest absolute Gasteiger partial charge is 0.0708 e. The van der Waals surface area contributed by atoms with Gasteiger partial charge >= 0.3 is 0 Å². The molecule has 0 radical (unpaired) electrons. The number of ether oxygens (including phenoxy) is 2. The Morgan fingerprint density at radius 2 is 2.12 bits per heavy atom. The molecule has 2 unspecified atom stereocenters. The average Bonchev–Trinajstić information content (AvgIpc) is 2.90. The van der Waals surface area contributed by atoms with E-state index in [4.69, 9.17) is 9.47 Å². The molecule has 16 heavy (non-hydrogen) atoms. The minimum atomic E-state index is 0.277. The van der Waals surface area contributed by atoms with Gasteiger partial charge in [-0.05, 0) is 32.6 Å². The Balaban J connectivity index is 1.65. The standard InChI is InChI=1S/C13H25NO2/c1-11(15-2)9-14-10-12-5-8-13(16-12)6-3-4-7-13/h11-12,14H,3-10H2,1-2H3. The van der Waals surface area contributed by atoms with Gasteiger partial charge in [0.25, 0.3) is 0 Å². The lowest BCUT2D eigenvalue weighted by Crippen LogP contribution is -2.34. The molecule has 94 valence electrons. The second-order valence-corrected chi connectivity index (χ2v) is 5.37. The third-order valence-corrected chi connectivity index (χ3v) is 4.06. The quantitative estimate of drug-likeness (QED) is 0.780. The van der Waals surface area contributed by atoms with E-state index < -0.39 is 0 Å². The van der Waals surface area contributed by atoms with E-state index in [2.05, 4.69) is 12.2 Å². The van der Waals surface area contributed by atoms with Gasteiger partial charge in [0.05, 0.1) is 17.8 Å². The van der Waals surface area contributed by atoms with Crippen LogP contribution in [-0.2, 0) is 9.47 Å². The minimum absolute atomic E-state index is 0.277. The Morgan fingerprint density at radius 1 is 1.38 bits per heavy atom. The van der Waals surface area contributed by atoms with Gasteiger partial charge in [-0.25, -0.2) is 0 Å². The highest BCUT2D eigenvalue weighted by Gasteiger charge is 2.41. The number of hydrogen-bond acceptors (Lipinski definition) is 3. The van der Waals surface area contributed by atoms with Gasteiger partial charge in [-0.2, -0.15) is 0 Å². The van der Waals surface area contributed by atoms with Crippen LogP contribution in [0.25, 0.3) is 0 Å². The fraction of sp³-hybridized carbons (Fsp3) is 1.00. The van der Waals surface area contributed by atoms with Crippen LogP contribution in [0.4, 0.5) is 0 Å². The summed E-state index contributed by atoms with van der Waals surface area (Å²) in [6, 6.07) is 0. The van der Waals surface area contributed by atoms with Crippen molar-refractivity contribution in [3.05, 3.63) is 0 Å². The molecule has 2 atom stereocenters. The molecule has 0 aromatic heterocycles. The van der Waals surface area contributed by atoms with E-state index in [1.54, 1.807) is 7.11 Å². The Kier molecular flexibility index (Phi) is 4.22. The molecule has 1 saturated heterocycles. The van der Waals surface area contributed by atoms with Gasteiger partial charge in [0.15, 0.2) is 0 Å². The van der Waals surface area contributed by atoms with Crippen molar-refractivity contribution in [2.24, 2.45) is 0 Å². The highest BCUT2D eigenvalue weighted by molar-refractivity contribution is 4.93. The van der Waals surface area contributed by atoms with Crippen LogP contribution in [0, 0.1) is 0 Å². The van der Waals surface area contributed by atoms with Gasteiger partial charge in [0.2, 0.25) is 0 Å². The predicted molar refractivity (Wildman–Crippen MR) is 64.6 cm³/mol. The molecule has 0 aromatic rings. The topological polar surface area (TPSA) is 30.5 Å². The summed E-state index contributed by atoms with van der Waals surface area (Å²) in [5, 5.41) is 3.43. The summed E-state index contributed by atoms with van der Waals surface area (Å²) in [4.78, 5) is 0. The van der Waals surface area contributed by atoms with Gasteiger partial charge in [0.1, 0.15) is 0 Å². The second-order valence-electron chi connectivity index (χ2n) is 5.37. The molecule has 0 aromatic carbocycles. The first-order chi connectivity index (χ1) is 7.74. The maximum Gasteiger partial charge on any atom is 0.0708 e. The van der Waals surface area contributed by atoms with Crippen LogP contribution in [0.5, 0.6) is 0 Å². The highest BCUT2D eigenvalue weighted by Crippen LogP contribution is 2.43. The SMILES string of the molecule is COC(C)CNCC1CCC2(CCCC2)O1. The van der Waals surface area contributed by atoms with Crippen molar-refractivity contribution in [3.8, 4) is 0 Å². The van der Waals surface area contributed by atoms with E-state index >= 15 is 0 Å². The third kappa shape index (κ3) is 2.96. The fourth-order valence-electron chi connectivity index (χ4n) is 2.96. The zero-order chi connectivity index (χ0) is 11.4. The molecule has 2 aliphatic rings. The molecule has 2 fully saturated rings. The molecule has 1 saturated carbocycles. The number of nitrogens with one attached hydrogen (secondary N) is 1. The normalized spacial score (nSPS) is 30.0. The van der Waals surface area contributed by atoms with Crippen LogP contribution in [0.3, 0.4) is 0 Å². The van der Waals surface area contributed by atoms with Crippen molar-refractivity contribution in [1.82, 2.24) is 5.32 Å². The maximum atomic E-state index is 6.22. The molecule has 3 nitrogen and oxygen atoms in total. The van der Waals surface area contributed by atoms with E-state index in [0.717, 1.165) is 13.1 Å². The molecule has 0 amide bonds. The highest BCUT2D eigenvalue weighted by atomic mass is 16.5. The molecule has 2 rings (SSSR count). The van der Waals surface area contributed by atoms with Crippen molar-refractivity contribution in [3.63, 3.8) is 0 Å². The monoisotopic (exact) mass is 227 g/mol. The van der Waals surface area contributed by atoms with Crippen LogP contribution in [0.15, 0.2) is 0 Å². The van der Waals surface area contributed by atoms with E-state index in [-0.39, 0.29) is 5.60 Å². The summed E-state index contributed by atoms with van der Waals surface area (Å²) in [6.07, 6.45) is 8.54. The first kappa shape index (κ1) is 12.3. The zero-order valence-corrected chi connectivity index (χ0v) is 10.6. The summed E-state index contributed by atoms with van der Waals surface area (Å²) in [7, 11) is 1.76. The predicted octanol–water partition coefficient (Wildman–Crippen LogP) is 2.10. The van der Waals surface area contributed by atoms with Crippen molar-refractivity contribution in [1.29, 1.82) is 0 Å². The largest absolute Gasteiger partial charge is 0.380 e. The van der Waals surface area contributed by atoms with E-state index in [1.807, 2.05) is 0 Å². The summed E-state index contributed by atoms with van der Waals surface area (Å²) < 4.78 is 11.4. The van der Waals surface area contributed by atoms with Gasteiger partial charge in [-0.1, -0.05) is 12.8 Å². The van der Waals surface area contributed by atoms with Crippen LogP contribution in [0.1, 0.15) is 45.4 Å². The summed E-state index contributed by atoms with van der Waals surface area (Å²) >= 11 is 0. The first-order valence-corrected chi connectivity index (χ1v) is 6.65. The lowest BCUT2D eigenvalue weighted by molar-refractivity contribution is -0.0358. The molecule has 1 N–H and O–H groups in total. The number of hydrogen-bond donors (Lipinski definition) is 1. The summed E-state index contributed by atoms with van der Waals surface area (Å²) in [5.41, 5.74) is 0.277. The first-order valence-electron chi connectivity index (χ1n) is 6.65. The molecule has 0 bridgehead atoms. The van der Waals surface area contributed by atoms with Crippen molar-refractivity contribution in [2.75, 3.05) is 20.2 Å². The molecule has 1 heterocycles. The van der Waals surface area contributed by atoms with Crippen LogP contribution < -0.4 is 5.32 Å². The minimum Gasteiger partial charge on any atom is -0.380 e. The Hall–Kier alpha value is -0.120. The second kappa shape index (κ2) is 5.48. The van der Waals surface area contributed by atoms with Gasteiger partial charge in [-0.3, -0.25) is 0 Å². The maximum absolute atomic E-state index is 6.22. The Bertz CT molecular complexity index is 214. The Morgan fingerprint density at radius 3 is 2.81 bits per heavy atom. The average molecular weight is 227 g/mol. The zero-order valence-electron chi connectivity index (χ0n) is 10.6. The molecule has 1 aliphatic carbocycles. The molecular formula is C13H25NO2. The summed E-state index contributed by atoms with van der Waals surface area (Å²) in [5.74, 6) is 0. The van der Waals surface area contributed by atoms with Gasteiger partial charge in [0, 0.05) is 20.2 Å². The summed E-state index contributed by atoms with van der Waals surface area (Å²) in [6.45, 7) is 3.99. The van der Waals surface area contributed by atoms with E-state index in [0.29, 0.717) is 12.2 Å². The molecule has 1 aliphatic heterocycles. The third-order valence-electron chi connectivity index (χ3n) is 4.06. The van der Waals surface area contributed by atoms with Crippen LogP contribution in [0.2, 0.25) is 0 Å². The molecule has 1 spiro atoms. The van der Waals surface area contributed by atoms with Crippen LogP contribution in [-0.4, -0.2) is 38.0 Å². The van der Waals surface area contributed by atoms with E-state index in [1.165, 1.54) is 38.5 Å². The number of rotatable bonds is 5. The van der Waals surface area contributed by atoms with Crippen molar-refractivity contribution in [2.45, 2.75) is 63.3 Å². The van der Waals surface area contributed by atoms with Crippen LogP contribution >= 0.6 is 0 Å². The molecular weight excluding hydrogens is 202 g/mol. The van der Waals surface area contributed by atoms with Crippen molar-refractivity contribution < 1.29 is 9.47 Å². The Labute approximate surface area is 98.9 Å². The van der Waals surface area contributed by atoms with Crippen molar-refractivity contribution >= 4 is 0 Å². The molecule has 3 heteroatoms. The fourth-order valence-corrected chi connectivity index (χ4v) is 2.96.